The summed E-state index contributed by atoms with van der Waals surface area (Å²) >= 11 is 3.20. The standard InChI is InChI=1S/C12H18BrNO4S/c1-19(16,17)14-6-2-3-9(8-14)7-10(15)11-4-5-12(13)18-11/h4-5,9-10,15H,2-3,6-8H2,1H3. The highest BCUT2D eigenvalue weighted by Crippen LogP contribution is 2.30. The Morgan fingerprint density at radius 3 is 2.89 bits per heavy atom. The smallest absolute Gasteiger partial charge is 0.211 e. The lowest BCUT2D eigenvalue weighted by Gasteiger charge is -2.31. The molecule has 19 heavy (non-hydrogen) atoms. The molecular weight excluding hydrogens is 334 g/mol. The van der Waals surface area contributed by atoms with Gasteiger partial charge >= 0.3 is 0 Å². The number of furan rings is 1. The average Bonchev–Trinajstić information content (AvgIpc) is 2.75. The minimum absolute atomic E-state index is 0.169. The number of aliphatic hydroxyl groups excluding tert-OH is 1. The van der Waals surface area contributed by atoms with Gasteiger partial charge in [-0.15, -0.1) is 0 Å². The summed E-state index contributed by atoms with van der Waals surface area (Å²) in [7, 11) is -3.13. The van der Waals surface area contributed by atoms with Crippen molar-refractivity contribution in [1.29, 1.82) is 0 Å². The molecule has 1 saturated heterocycles. The average molecular weight is 352 g/mol. The molecule has 0 bridgehead atoms. The minimum Gasteiger partial charge on any atom is -0.452 e. The number of hydrogen-bond acceptors (Lipinski definition) is 4. The Labute approximate surface area is 121 Å². The normalized spacial score (nSPS) is 23.4. The Balaban J connectivity index is 1.95. The summed E-state index contributed by atoms with van der Waals surface area (Å²) in [6.07, 6.45) is 2.84. The van der Waals surface area contributed by atoms with E-state index in [1.54, 1.807) is 12.1 Å². The predicted octanol–water partition coefficient (Wildman–Crippen LogP) is 2.14. The van der Waals surface area contributed by atoms with Crippen LogP contribution in [0.5, 0.6) is 0 Å². The van der Waals surface area contributed by atoms with Crippen LogP contribution in [-0.2, 0) is 10.0 Å². The summed E-state index contributed by atoms with van der Waals surface area (Å²) in [5.41, 5.74) is 0. The maximum absolute atomic E-state index is 11.5. The van der Waals surface area contributed by atoms with Crippen molar-refractivity contribution < 1.29 is 17.9 Å². The number of halogens is 1. The molecule has 2 rings (SSSR count). The molecule has 1 N–H and O–H groups in total. The van der Waals surface area contributed by atoms with Gasteiger partial charge in [-0.25, -0.2) is 12.7 Å². The molecule has 2 heterocycles. The van der Waals surface area contributed by atoms with E-state index in [0.717, 1.165) is 12.8 Å². The van der Waals surface area contributed by atoms with Crippen LogP contribution in [0.1, 0.15) is 31.1 Å². The van der Waals surface area contributed by atoms with Gasteiger partial charge in [-0.05, 0) is 53.2 Å². The lowest BCUT2D eigenvalue weighted by atomic mass is 9.93. The van der Waals surface area contributed by atoms with Crippen molar-refractivity contribution in [2.45, 2.75) is 25.4 Å². The second kappa shape index (κ2) is 5.95. The van der Waals surface area contributed by atoms with E-state index in [2.05, 4.69) is 15.9 Å². The van der Waals surface area contributed by atoms with E-state index in [9.17, 15) is 13.5 Å². The zero-order valence-electron chi connectivity index (χ0n) is 10.8. The molecule has 5 nitrogen and oxygen atoms in total. The number of aliphatic hydroxyl groups is 1. The second-order valence-electron chi connectivity index (χ2n) is 5.02. The van der Waals surface area contributed by atoms with Gasteiger partial charge in [0.05, 0.1) is 6.26 Å². The molecule has 1 aromatic rings. The number of sulfonamides is 1. The Kier molecular flexibility index (Phi) is 4.70. The highest BCUT2D eigenvalue weighted by atomic mass is 79.9. The topological polar surface area (TPSA) is 70.8 Å². The summed E-state index contributed by atoms with van der Waals surface area (Å²) in [4.78, 5) is 0. The lowest BCUT2D eigenvalue weighted by Crippen LogP contribution is -2.39. The maximum atomic E-state index is 11.5. The minimum atomic E-state index is -3.13. The van der Waals surface area contributed by atoms with Crippen molar-refractivity contribution in [3.05, 3.63) is 22.6 Å². The van der Waals surface area contributed by atoms with Crippen LogP contribution >= 0.6 is 15.9 Å². The summed E-state index contributed by atoms with van der Waals surface area (Å²) in [6, 6.07) is 3.47. The number of piperidine rings is 1. The van der Waals surface area contributed by atoms with E-state index in [1.165, 1.54) is 10.6 Å². The fourth-order valence-corrected chi connectivity index (χ4v) is 3.72. The second-order valence-corrected chi connectivity index (χ2v) is 7.79. The molecule has 0 amide bonds. The first-order valence-electron chi connectivity index (χ1n) is 6.24. The number of nitrogens with zero attached hydrogens (tertiary/aromatic N) is 1. The summed E-state index contributed by atoms with van der Waals surface area (Å²) in [5, 5.41) is 10.1. The molecule has 2 unspecified atom stereocenters. The molecular formula is C12H18BrNO4S. The van der Waals surface area contributed by atoms with Gasteiger partial charge in [-0.1, -0.05) is 0 Å². The lowest BCUT2D eigenvalue weighted by molar-refractivity contribution is 0.102. The van der Waals surface area contributed by atoms with Crippen LogP contribution in [0.25, 0.3) is 0 Å². The summed E-state index contributed by atoms with van der Waals surface area (Å²) in [5.74, 6) is 0.686. The monoisotopic (exact) mass is 351 g/mol. The van der Waals surface area contributed by atoms with Crippen LogP contribution in [0, 0.1) is 5.92 Å². The van der Waals surface area contributed by atoms with Crippen LogP contribution in [-0.4, -0.2) is 37.2 Å². The van der Waals surface area contributed by atoms with Gasteiger partial charge in [0.25, 0.3) is 0 Å². The molecule has 2 atom stereocenters. The van der Waals surface area contributed by atoms with E-state index in [4.69, 9.17) is 4.42 Å². The molecule has 1 aliphatic heterocycles. The number of hydrogen-bond donors (Lipinski definition) is 1. The quantitative estimate of drug-likeness (QED) is 0.901. The first-order valence-corrected chi connectivity index (χ1v) is 8.89. The molecule has 0 radical (unpaired) electrons. The molecule has 1 aliphatic rings. The highest BCUT2D eigenvalue weighted by Gasteiger charge is 2.28. The Bertz CT molecular complexity index is 528. The zero-order valence-corrected chi connectivity index (χ0v) is 13.2. The Morgan fingerprint density at radius 2 is 2.32 bits per heavy atom. The van der Waals surface area contributed by atoms with E-state index >= 15 is 0 Å². The summed E-state index contributed by atoms with van der Waals surface area (Å²) in [6.45, 7) is 1.06. The fourth-order valence-electron chi connectivity index (χ4n) is 2.46. The van der Waals surface area contributed by atoms with Gasteiger partial charge < -0.3 is 9.52 Å². The van der Waals surface area contributed by atoms with Gasteiger partial charge in [0, 0.05) is 13.1 Å². The Hall–Kier alpha value is -0.370. The third-order valence-electron chi connectivity index (χ3n) is 3.43. The SMILES string of the molecule is CS(=O)(=O)N1CCCC(CC(O)c2ccc(Br)o2)C1. The Morgan fingerprint density at radius 1 is 1.58 bits per heavy atom. The van der Waals surface area contributed by atoms with Gasteiger partial charge in [0.15, 0.2) is 4.67 Å². The first-order chi connectivity index (χ1) is 8.86. The molecule has 0 aromatic carbocycles. The van der Waals surface area contributed by atoms with Gasteiger partial charge in [0.2, 0.25) is 10.0 Å². The maximum Gasteiger partial charge on any atom is 0.211 e. The molecule has 1 fully saturated rings. The first kappa shape index (κ1) is 15.0. The van der Waals surface area contributed by atoms with E-state index in [-0.39, 0.29) is 5.92 Å². The number of rotatable bonds is 4. The predicted molar refractivity (Wildman–Crippen MR) is 75.1 cm³/mol. The van der Waals surface area contributed by atoms with Crippen molar-refractivity contribution in [3.8, 4) is 0 Å². The van der Waals surface area contributed by atoms with Crippen molar-refractivity contribution in [3.63, 3.8) is 0 Å². The molecule has 0 saturated carbocycles. The van der Waals surface area contributed by atoms with Crippen LogP contribution < -0.4 is 0 Å². The third kappa shape index (κ3) is 4.05. The third-order valence-corrected chi connectivity index (χ3v) is 5.13. The molecule has 0 spiro atoms. The van der Waals surface area contributed by atoms with E-state index in [1.807, 2.05) is 0 Å². The summed E-state index contributed by atoms with van der Waals surface area (Å²) < 4.78 is 30.5. The van der Waals surface area contributed by atoms with Crippen LogP contribution in [0.3, 0.4) is 0 Å². The van der Waals surface area contributed by atoms with Crippen molar-refractivity contribution in [2.24, 2.45) is 5.92 Å². The van der Waals surface area contributed by atoms with Crippen LogP contribution in [0.4, 0.5) is 0 Å². The van der Waals surface area contributed by atoms with Gasteiger partial charge in [-0.2, -0.15) is 0 Å². The van der Waals surface area contributed by atoms with E-state index in [0.29, 0.717) is 29.9 Å². The molecule has 1 aromatic heterocycles. The molecule has 0 aliphatic carbocycles. The van der Waals surface area contributed by atoms with Crippen molar-refractivity contribution >= 4 is 26.0 Å². The van der Waals surface area contributed by atoms with Gasteiger partial charge in [0.1, 0.15) is 11.9 Å². The van der Waals surface area contributed by atoms with Crippen LogP contribution in [0.2, 0.25) is 0 Å². The highest BCUT2D eigenvalue weighted by molar-refractivity contribution is 9.10. The molecule has 7 heteroatoms. The largest absolute Gasteiger partial charge is 0.452 e. The van der Waals surface area contributed by atoms with Crippen LogP contribution in [0.15, 0.2) is 21.2 Å². The van der Waals surface area contributed by atoms with Crippen molar-refractivity contribution in [2.75, 3.05) is 19.3 Å². The van der Waals surface area contributed by atoms with Crippen molar-refractivity contribution in [1.82, 2.24) is 4.31 Å². The van der Waals surface area contributed by atoms with E-state index < -0.39 is 16.1 Å². The fraction of sp³-hybridized carbons (Fsp3) is 0.667. The molecule has 108 valence electrons. The van der Waals surface area contributed by atoms with Gasteiger partial charge in [-0.3, -0.25) is 0 Å². The zero-order chi connectivity index (χ0) is 14.0.